The fraction of sp³-hybridized carbons (Fsp3) is 0.767. The van der Waals surface area contributed by atoms with Crippen LogP contribution in [0.2, 0.25) is 0 Å². The highest BCUT2D eigenvalue weighted by Crippen LogP contribution is 2.73. The van der Waals surface area contributed by atoms with Crippen LogP contribution in [-0.2, 0) is 28.6 Å². The summed E-state index contributed by atoms with van der Waals surface area (Å²) in [6.07, 6.45) is 6.80. The van der Waals surface area contributed by atoms with E-state index < -0.39 is 23.1 Å². The van der Waals surface area contributed by atoms with Crippen LogP contribution in [0.5, 0.6) is 0 Å². The molecule has 8 heteroatoms. The molecule has 0 aromatic carbocycles. The number of epoxide rings is 1. The normalized spacial score (nSPS) is 47.9. The SMILES string of the molecule is CC(=O)OC[C@]12CC[C@H]3[C@@H](C[C@H]4O[C@]45[C@@H](O)C=CC(=O)[C@]35C)[C@@H]1CC[C@@H]2[C@H](C)[C@H]1CC(C)=C(CO)C(=O)O1. The number of esters is 2. The van der Waals surface area contributed by atoms with Gasteiger partial charge in [-0.2, -0.15) is 0 Å². The molecule has 0 amide bonds. The summed E-state index contributed by atoms with van der Waals surface area (Å²) >= 11 is 0. The molecule has 0 bridgehead atoms. The molecule has 8 nitrogen and oxygen atoms in total. The average molecular weight is 529 g/mol. The van der Waals surface area contributed by atoms with E-state index in [1.165, 1.54) is 6.92 Å². The van der Waals surface area contributed by atoms with E-state index in [9.17, 15) is 24.6 Å². The zero-order valence-corrected chi connectivity index (χ0v) is 22.8. The van der Waals surface area contributed by atoms with Crippen molar-refractivity contribution < 1.29 is 38.8 Å². The highest BCUT2D eigenvalue weighted by molar-refractivity contribution is 5.98. The van der Waals surface area contributed by atoms with E-state index in [1.54, 1.807) is 12.2 Å². The Kier molecular flexibility index (Phi) is 6.02. The van der Waals surface area contributed by atoms with Gasteiger partial charge in [-0.3, -0.25) is 9.59 Å². The molecule has 2 N–H and O–H groups in total. The summed E-state index contributed by atoms with van der Waals surface area (Å²) in [5.41, 5.74) is -0.632. The fourth-order valence-electron chi connectivity index (χ4n) is 9.95. The Morgan fingerprint density at radius 2 is 2.00 bits per heavy atom. The summed E-state index contributed by atoms with van der Waals surface area (Å²) in [7, 11) is 0. The number of aliphatic hydroxyl groups excluding tert-OH is 2. The Bertz CT molecular complexity index is 1130. The molecule has 0 aromatic rings. The van der Waals surface area contributed by atoms with E-state index >= 15 is 0 Å². The quantitative estimate of drug-likeness (QED) is 0.413. The van der Waals surface area contributed by atoms with Gasteiger partial charge in [-0.1, -0.05) is 12.5 Å². The minimum atomic E-state index is -0.814. The van der Waals surface area contributed by atoms with Gasteiger partial charge in [-0.05, 0) is 87.7 Å². The number of carbonyl (C=O) groups excluding carboxylic acids is 3. The lowest BCUT2D eigenvalue weighted by molar-refractivity contribution is -0.167. The van der Waals surface area contributed by atoms with Crippen LogP contribution in [0.1, 0.15) is 66.2 Å². The van der Waals surface area contributed by atoms with E-state index in [-0.39, 0.29) is 65.6 Å². The number of cyclic esters (lactones) is 1. The van der Waals surface area contributed by atoms with Gasteiger partial charge < -0.3 is 24.4 Å². The van der Waals surface area contributed by atoms with Crippen LogP contribution in [-0.4, -0.2) is 65.1 Å². The van der Waals surface area contributed by atoms with E-state index in [4.69, 9.17) is 14.2 Å². The van der Waals surface area contributed by atoms with E-state index in [2.05, 4.69) is 6.92 Å². The maximum atomic E-state index is 13.4. The zero-order valence-electron chi connectivity index (χ0n) is 22.8. The predicted octanol–water partition coefficient (Wildman–Crippen LogP) is 2.90. The lowest BCUT2D eigenvalue weighted by Crippen LogP contribution is -2.64. The second-order valence-electron chi connectivity index (χ2n) is 13.0. The number of carbonyl (C=O) groups is 3. The number of fused-ring (bicyclic) bond motifs is 4. The molecule has 1 saturated heterocycles. The summed E-state index contributed by atoms with van der Waals surface area (Å²) in [4.78, 5) is 38.1. The number of hydrogen-bond donors (Lipinski definition) is 2. The second kappa shape index (κ2) is 8.73. The Balaban J connectivity index is 1.33. The van der Waals surface area contributed by atoms with Crippen molar-refractivity contribution in [1.82, 2.24) is 0 Å². The van der Waals surface area contributed by atoms with Crippen LogP contribution < -0.4 is 0 Å². The van der Waals surface area contributed by atoms with Crippen LogP contribution in [0, 0.1) is 40.4 Å². The van der Waals surface area contributed by atoms with Gasteiger partial charge in [-0.15, -0.1) is 0 Å². The molecule has 0 aromatic heterocycles. The summed E-state index contributed by atoms with van der Waals surface area (Å²) in [5.74, 6) is 0.0846. The van der Waals surface area contributed by atoms with Gasteiger partial charge in [0.1, 0.15) is 17.8 Å². The number of hydrogen-bond acceptors (Lipinski definition) is 8. The molecule has 3 saturated carbocycles. The van der Waals surface area contributed by atoms with Crippen molar-refractivity contribution >= 4 is 17.7 Å². The lowest BCUT2D eigenvalue weighted by Gasteiger charge is -2.58. The highest BCUT2D eigenvalue weighted by Gasteiger charge is 2.80. The van der Waals surface area contributed by atoms with Crippen LogP contribution in [0.25, 0.3) is 0 Å². The highest BCUT2D eigenvalue weighted by atomic mass is 16.6. The summed E-state index contributed by atoms with van der Waals surface area (Å²) in [6, 6.07) is 0. The molecule has 4 aliphatic carbocycles. The second-order valence-corrected chi connectivity index (χ2v) is 13.0. The van der Waals surface area contributed by atoms with Crippen molar-refractivity contribution in [3.8, 4) is 0 Å². The van der Waals surface area contributed by atoms with Gasteiger partial charge in [0.15, 0.2) is 5.78 Å². The number of ether oxygens (including phenoxy) is 3. The van der Waals surface area contributed by atoms with Crippen molar-refractivity contribution in [2.45, 2.75) is 90.1 Å². The largest absolute Gasteiger partial charge is 0.465 e. The van der Waals surface area contributed by atoms with Gasteiger partial charge in [0.2, 0.25) is 0 Å². The third-order valence-electron chi connectivity index (χ3n) is 11.8. The molecule has 6 aliphatic rings. The van der Waals surface area contributed by atoms with Crippen molar-refractivity contribution in [1.29, 1.82) is 0 Å². The van der Waals surface area contributed by atoms with E-state index in [0.717, 1.165) is 37.7 Å². The van der Waals surface area contributed by atoms with Gasteiger partial charge in [0.05, 0.1) is 30.3 Å². The third kappa shape index (κ3) is 3.29. The summed E-state index contributed by atoms with van der Waals surface area (Å²) < 4.78 is 17.9. The Morgan fingerprint density at radius 3 is 2.68 bits per heavy atom. The number of allylic oxidation sites excluding steroid dienone is 1. The maximum Gasteiger partial charge on any atom is 0.336 e. The smallest absolute Gasteiger partial charge is 0.336 e. The Labute approximate surface area is 223 Å². The van der Waals surface area contributed by atoms with Gasteiger partial charge in [0.25, 0.3) is 0 Å². The van der Waals surface area contributed by atoms with Gasteiger partial charge in [-0.25, -0.2) is 4.79 Å². The van der Waals surface area contributed by atoms with Gasteiger partial charge in [0, 0.05) is 18.8 Å². The number of ketones is 1. The number of rotatable bonds is 5. The zero-order chi connectivity index (χ0) is 27.2. The van der Waals surface area contributed by atoms with Crippen molar-refractivity contribution in [3.63, 3.8) is 0 Å². The Hall–Kier alpha value is -2.03. The molecule has 2 aliphatic heterocycles. The first-order valence-electron chi connectivity index (χ1n) is 14.2. The predicted molar refractivity (Wildman–Crippen MR) is 135 cm³/mol. The first-order chi connectivity index (χ1) is 18.0. The molecular formula is C30H40O8. The molecule has 2 heterocycles. The fourth-order valence-corrected chi connectivity index (χ4v) is 9.95. The molecule has 208 valence electrons. The topological polar surface area (TPSA) is 123 Å². The van der Waals surface area contributed by atoms with Crippen LogP contribution in [0.3, 0.4) is 0 Å². The van der Waals surface area contributed by atoms with E-state index in [1.807, 2.05) is 13.8 Å². The van der Waals surface area contributed by atoms with E-state index in [0.29, 0.717) is 18.6 Å². The monoisotopic (exact) mass is 528 g/mol. The molecule has 11 atom stereocenters. The Morgan fingerprint density at radius 1 is 1.24 bits per heavy atom. The molecule has 6 rings (SSSR count). The van der Waals surface area contributed by atoms with Crippen LogP contribution in [0.4, 0.5) is 0 Å². The minimum Gasteiger partial charge on any atom is -0.465 e. The minimum absolute atomic E-state index is 0.0442. The molecule has 1 spiro atoms. The van der Waals surface area contributed by atoms with Crippen molar-refractivity contribution in [3.05, 3.63) is 23.3 Å². The van der Waals surface area contributed by atoms with Crippen molar-refractivity contribution in [2.24, 2.45) is 40.4 Å². The molecule has 38 heavy (non-hydrogen) atoms. The summed E-state index contributed by atoms with van der Waals surface area (Å²) in [6.45, 7) is 7.49. The number of aliphatic hydroxyl groups is 2. The molecule has 0 unspecified atom stereocenters. The molecule has 4 fully saturated rings. The van der Waals surface area contributed by atoms with Crippen molar-refractivity contribution in [2.75, 3.05) is 13.2 Å². The van der Waals surface area contributed by atoms with Crippen LogP contribution in [0.15, 0.2) is 23.3 Å². The first kappa shape index (κ1) is 26.2. The lowest BCUT2D eigenvalue weighted by atomic mass is 9.44. The van der Waals surface area contributed by atoms with Gasteiger partial charge >= 0.3 is 11.9 Å². The van der Waals surface area contributed by atoms with Crippen LogP contribution >= 0.6 is 0 Å². The molecule has 0 radical (unpaired) electrons. The summed E-state index contributed by atoms with van der Waals surface area (Å²) in [5, 5.41) is 20.5. The first-order valence-corrected chi connectivity index (χ1v) is 14.2. The average Bonchev–Trinajstić information content (AvgIpc) is 3.49. The third-order valence-corrected chi connectivity index (χ3v) is 11.8. The molecular weight excluding hydrogens is 488 g/mol. The maximum absolute atomic E-state index is 13.4. The standard InChI is InChI=1S/C30H40O8/c1-15-11-23(37-27(35)19(15)13-31)16(2)20-5-6-22-18-12-26-30(38-26)25(34)8-7-24(33)28(30,4)21(18)9-10-29(20,22)14-36-17(3)32/h7-8,16,18,20-23,25-26,31,34H,5-6,9-14H2,1-4H3/t16-,18+,20+,21-,22-,23+,25-,26+,28-,29-,30+/m0/s1.